The average molecular weight is 653 g/mol. The summed E-state index contributed by atoms with van der Waals surface area (Å²) in [5.74, 6) is 3.71. The lowest BCUT2D eigenvalue weighted by Gasteiger charge is -2.10. The summed E-state index contributed by atoms with van der Waals surface area (Å²) in [6.07, 6.45) is 0. The van der Waals surface area contributed by atoms with Crippen LogP contribution in [-0.4, -0.2) is 29.6 Å². The van der Waals surface area contributed by atoms with E-state index in [1.54, 1.807) is 12.1 Å². The Balaban J connectivity index is 1.00. The molecule has 0 aliphatic rings. The normalized spacial score (nSPS) is 11.0. The number of nitrogens with zero attached hydrogens (tertiary/aromatic N) is 2. The Morgan fingerprint density at radius 2 is 0.804 bits per heavy atom. The van der Waals surface area contributed by atoms with Gasteiger partial charge in [-0.3, -0.25) is 9.13 Å². The largest absolute Gasteiger partial charge is 0.494 e. The molecule has 2 aromatic heterocycles. The topological polar surface area (TPSA) is 109 Å². The smallest absolute Gasteiger partial charge is 0.198 e. The number of aromatic nitrogens is 2. The second kappa shape index (κ2) is 14.4. The molecule has 0 aliphatic carbocycles. The molecule has 46 heavy (non-hydrogen) atoms. The first-order chi connectivity index (χ1) is 22.4. The van der Waals surface area contributed by atoms with E-state index in [0.29, 0.717) is 47.2 Å². The molecule has 234 valence electrons. The molecule has 0 unspecified atom stereocenters. The highest BCUT2D eigenvalue weighted by Crippen LogP contribution is 2.39. The van der Waals surface area contributed by atoms with Crippen LogP contribution in [0, 0.1) is 0 Å². The molecule has 0 fully saturated rings. The number of rotatable bonds is 13. The van der Waals surface area contributed by atoms with Gasteiger partial charge in [-0.05, 0) is 59.7 Å². The summed E-state index contributed by atoms with van der Waals surface area (Å²) >= 11 is 0. The predicted octanol–water partition coefficient (Wildman–Crippen LogP) is 8.87. The van der Waals surface area contributed by atoms with Crippen LogP contribution in [0.2, 0.25) is 0 Å². The van der Waals surface area contributed by atoms with E-state index < -0.39 is 0 Å². The van der Waals surface area contributed by atoms with Crippen molar-refractivity contribution < 1.29 is 29.9 Å². The second-order valence-corrected chi connectivity index (χ2v) is 13.0. The molecule has 0 aliphatic heterocycles. The van der Waals surface area contributed by atoms with E-state index >= 15 is 0 Å². The molecule has 0 saturated carbocycles. The van der Waals surface area contributed by atoms with Gasteiger partial charge in [0.1, 0.15) is 23.0 Å². The fraction of sp³-hybridized carbons (Fsp3) is 0.111. The average Bonchev–Trinajstić information content (AvgIpc) is 3.50. The SMILES string of the molecule is Oc1cc(CSSCc2cc(O)n(Cc3ccc(Oc4ccccc4)cc3)c2O)c(O)n1Cc1ccc(Oc2ccccc2)cc1. The van der Waals surface area contributed by atoms with Crippen LogP contribution >= 0.6 is 21.6 Å². The van der Waals surface area contributed by atoms with E-state index in [-0.39, 0.29) is 23.5 Å². The third kappa shape index (κ3) is 7.59. The number of hydrogen-bond donors (Lipinski definition) is 4. The lowest BCUT2D eigenvalue weighted by molar-refractivity contribution is 0.375. The summed E-state index contributed by atoms with van der Waals surface area (Å²) in [6.45, 7) is 0.592. The van der Waals surface area contributed by atoms with Crippen LogP contribution in [0.15, 0.2) is 121 Å². The zero-order valence-electron chi connectivity index (χ0n) is 24.7. The van der Waals surface area contributed by atoms with Crippen molar-refractivity contribution in [3.05, 3.63) is 144 Å². The number of hydrogen-bond acceptors (Lipinski definition) is 8. The van der Waals surface area contributed by atoms with Gasteiger partial charge >= 0.3 is 0 Å². The quantitative estimate of drug-likeness (QED) is 0.0724. The maximum atomic E-state index is 10.8. The predicted molar refractivity (Wildman–Crippen MR) is 182 cm³/mol. The molecular formula is C36H32N2O6S2. The van der Waals surface area contributed by atoms with E-state index in [4.69, 9.17) is 9.47 Å². The van der Waals surface area contributed by atoms with E-state index in [1.165, 1.54) is 30.7 Å². The maximum absolute atomic E-state index is 10.8. The van der Waals surface area contributed by atoms with Gasteiger partial charge < -0.3 is 29.9 Å². The molecule has 6 aromatic rings. The van der Waals surface area contributed by atoms with Gasteiger partial charge in [0.25, 0.3) is 0 Å². The van der Waals surface area contributed by atoms with Crippen molar-refractivity contribution >= 4 is 21.6 Å². The van der Waals surface area contributed by atoms with Gasteiger partial charge in [-0.1, -0.05) is 82.3 Å². The van der Waals surface area contributed by atoms with Crippen LogP contribution in [0.25, 0.3) is 0 Å². The van der Waals surface area contributed by atoms with Gasteiger partial charge in [-0.25, -0.2) is 0 Å². The van der Waals surface area contributed by atoms with Gasteiger partial charge in [-0.2, -0.15) is 0 Å². The van der Waals surface area contributed by atoms with Crippen LogP contribution in [-0.2, 0) is 24.6 Å². The highest BCUT2D eigenvalue weighted by Gasteiger charge is 2.17. The third-order valence-corrected chi connectivity index (χ3v) is 9.48. The molecule has 0 atom stereocenters. The van der Waals surface area contributed by atoms with Gasteiger partial charge in [0.15, 0.2) is 23.5 Å². The van der Waals surface area contributed by atoms with Gasteiger partial charge in [-0.15, -0.1) is 0 Å². The Morgan fingerprint density at radius 3 is 1.17 bits per heavy atom. The molecule has 10 heteroatoms. The minimum absolute atomic E-state index is 0.00189. The second-order valence-electron chi connectivity index (χ2n) is 10.5. The molecular weight excluding hydrogens is 621 g/mol. The Bertz CT molecular complexity index is 1730. The lowest BCUT2D eigenvalue weighted by Crippen LogP contribution is -1.99. The molecule has 0 bridgehead atoms. The highest BCUT2D eigenvalue weighted by molar-refractivity contribution is 8.76. The minimum Gasteiger partial charge on any atom is -0.494 e. The van der Waals surface area contributed by atoms with Crippen molar-refractivity contribution in [3.63, 3.8) is 0 Å². The van der Waals surface area contributed by atoms with Crippen molar-refractivity contribution in [1.29, 1.82) is 0 Å². The van der Waals surface area contributed by atoms with Gasteiger partial charge in [0.2, 0.25) is 0 Å². The van der Waals surface area contributed by atoms with Crippen molar-refractivity contribution in [1.82, 2.24) is 9.13 Å². The Hall–Kier alpha value is -5.06. The van der Waals surface area contributed by atoms with Crippen LogP contribution < -0.4 is 9.47 Å². The van der Waals surface area contributed by atoms with E-state index in [1.807, 2.05) is 109 Å². The number of benzene rings is 4. The molecule has 4 aromatic carbocycles. The van der Waals surface area contributed by atoms with E-state index in [2.05, 4.69) is 0 Å². The highest BCUT2D eigenvalue weighted by atomic mass is 33.1. The number of aromatic hydroxyl groups is 4. The molecule has 4 N–H and O–H groups in total. The molecule has 0 amide bonds. The maximum Gasteiger partial charge on any atom is 0.198 e. The molecule has 2 heterocycles. The molecule has 0 radical (unpaired) electrons. The Kier molecular flexibility index (Phi) is 9.66. The third-order valence-electron chi connectivity index (χ3n) is 7.24. The van der Waals surface area contributed by atoms with Crippen molar-refractivity contribution in [2.45, 2.75) is 24.6 Å². The summed E-state index contributed by atoms with van der Waals surface area (Å²) in [4.78, 5) is 0. The van der Waals surface area contributed by atoms with Crippen LogP contribution in [0.5, 0.6) is 46.5 Å². The first kappa shape index (κ1) is 30.9. The van der Waals surface area contributed by atoms with Crippen molar-refractivity contribution in [3.8, 4) is 46.5 Å². The fourth-order valence-electron chi connectivity index (χ4n) is 4.84. The first-order valence-electron chi connectivity index (χ1n) is 14.5. The summed E-state index contributed by atoms with van der Waals surface area (Å²) in [5, 5.41) is 42.7. The van der Waals surface area contributed by atoms with Crippen LogP contribution in [0.1, 0.15) is 22.3 Å². The number of ether oxygens (including phenoxy) is 2. The summed E-state index contributed by atoms with van der Waals surface area (Å²) in [7, 11) is 2.95. The van der Waals surface area contributed by atoms with Crippen LogP contribution in [0.3, 0.4) is 0 Å². The zero-order chi connectivity index (χ0) is 31.9. The number of para-hydroxylation sites is 2. The molecule has 0 spiro atoms. The monoisotopic (exact) mass is 652 g/mol. The first-order valence-corrected chi connectivity index (χ1v) is 17.0. The lowest BCUT2D eigenvalue weighted by atomic mass is 10.2. The summed E-state index contributed by atoms with van der Waals surface area (Å²) in [5.41, 5.74) is 2.99. The Morgan fingerprint density at radius 1 is 0.457 bits per heavy atom. The van der Waals surface area contributed by atoms with E-state index in [0.717, 1.165) is 22.6 Å². The Labute approximate surface area is 274 Å². The van der Waals surface area contributed by atoms with Gasteiger partial charge in [0, 0.05) is 34.8 Å². The molecule has 6 rings (SSSR count). The molecule has 8 nitrogen and oxygen atoms in total. The van der Waals surface area contributed by atoms with Crippen molar-refractivity contribution in [2.75, 3.05) is 0 Å². The van der Waals surface area contributed by atoms with Crippen molar-refractivity contribution in [2.24, 2.45) is 0 Å². The molecule has 0 saturated heterocycles. The fourth-order valence-corrected chi connectivity index (χ4v) is 6.94. The summed E-state index contributed by atoms with van der Waals surface area (Å²) in [6, 6.07) is 37.1. The summed E-state index contributed by atoms with van der Waals surface area (Å²) < 4.78 is 14.6. The van der Waals surface area contributed by atoms with Crippen LogP contribution in [0.4, 0.5) is 0 Å². The van der Waals surface area contributed by atoms with Gasteiger partial charge in [0.05, 0.1) is 13.1 Å². The zero-order valence-corrected chi connectivity index (χ0v) is 26.3. The minimum atomic E-state index is -0.0259. The van der Waals surface area contributed by atoms with E-state index in [9.17, 15) is 20.4 Å². The standard InChI is InChI=1S/C36H32N2O6S2/c39-33-19-27(35(41)37(33)21-25-11-15-31(16-12-25)43-29-7-3-1-4-8-29)23-45-46-24-28-20-34(40)38(36(28)42)22-26-13-17-32(18-14-26)44-30-9-5-2-6-10-30/h1-20,39-42H,21-24H2.